The Kier molecular flexibility index (Phi) is 8.43. The van der Waals surface area contributed by atoms with Crippen LogP contribution in [0.15, 0.2) is 212 Å². The van der Waals surface area contributed by atoms with Crippen LogP contribution in [0.2, 0.25) is 0 Å². The molecule has 0 bridgehead atoms. The second kappa shape index (κ2) is 14.2. The lowest BCUT2D eigenvalue weighted by molar-refractivity contribution is 0.768. The van der Waals surface area contributed by atoms with Crippen molar-refractivity contribution in [3.05, 3.63) is 240 Å². The molecule has 0 fully saturated rings. The van der Waals surface area contributed by atoms with E-state index in [1.165, 1.54) is 5.56 Å². The Bertz CT molecular complexity index is 2910. The first-order valence-electron chi connectivity index (χ1n) is 19.2. The third kappa shape index (κ3) is 5.75. The van der Waals surface area contributed by atoms with E-state index in [-0.39, 0.29) is 0 Å². The van der Waals surface area contributed by atoms with Crippen LogP contribution in [0.5, 0.6) is 0 Å². The molecule has 0 N–H and O–H groups in total. The number of benzene rings is 8. The molecule has 1 aromatic heterocycles. The highest BCUT2D eigenvalue weighted by atomic mass is 14.9. The molecule has 3 heteroatoms. The zero-order valence-electron chi connectivity index (χ0n) is 31.0. The normalized spacial score (nSPS) is 12.3. The molecule has 0 aliphatic heterocycles. The predicted octanol–water partition coefficient (Wildman–Crippen LogP) is 13.0. The molecule has 0 radical (unpaired) electrons. The van der Waals surface area contributed by atoms with E-state index in [9.17, 15) is 5.26 Å². The zero-order valence-corrected chi connectivity index (χ0v) is 31.0. The third-order valence-electron chi connectivity index (χ3n) is 11.2. The molecule has 3 nitrogen and oxygen atoms in total. The maximum atomic E-state index is 10.2. The van der Waals surface area contributed by atoms with Crippen LogP contribution in [0.4, 0.5) is 0 Å². The van der Waals surface area contributed by atoms with Crippen molar-refractivity contribution >= 4 is 0 Å². The van der Waals surface area contributed by atoms with Crippen LogP contribution < -0.4 is 0 Å². The van der Waals surface area contributed by atoms with Crippen molar-refractivity contribution in [3.63, 3.8) is 0 Å². The van der Waals surface area contributed by atoms with Gasteiger partial charge in [-0.1, -0.05) is 188 Å². The van der Waals surface area contributed by atoms with Gasteiger partial charge in [-0.05, 0) is 79.9 Å². The molecule has 0 spiro atoms. The van der Waals surface area contributed by atoms with E-state index in [2.05, 4.69) is 188 Å². The van der Waals surface area contributed by atoms with Gasteiger partial charge < -0.3 is 0 Å². The summed E-state index contributed by atoms with van der Waals surface area (Å²) in [6.07, 6.45) is 0. The summed E-state index contributed by atoms with van der Waals surface area (Å²) in [5.41, 5.74) is 16.0. The molecule has 1 heterocycles. The lowest BCUT2D eigenvalue weighted by Gasteiger charge is -2.34. The van der Waals surface area contributed by atoms with Crippen LogP contribution in [-0.2, 0) is 5.41 Å². The Morgan fingerprint density at radius 2 is 0.912 bits per heavy atom. The van der Waals surface area contributed by atoms with Gasteiger partial charge in [-0.15, -0.1) is 0 Å². The Labute approximate surface area is 332 Å². The highest BCUT2D eigenvalue weighted by Crippen LogP contribution is 2.59. The van der Waals surface area contributed by atoms with Crippen molar-refractivity contribution in [2.45, 2.75) is 5.41 Å². The fourth-order valence-electron chi connectivity index (χ4n) is 8.71. The standard InChI is InChI=1S/C54H35N3/c55-36-37-31-32-47-49(33-37)54(42-23-9-3-10-24-42,43-25-11-4-12-26-43)48-30-16-29-46(52(47)48)44-27-13-14-28-45(44)51-35-50(56-53(57-51)39-19-7-2-8-20-39)41-22-15-21-40(34-41)38-17-5-1-6-18-38/h1-35H. The van der Waals surface area contributed by atoms with Gasteiger partial charge in [0.05, 0.1) is 28.4 Å². The van der Waals surface area contributed by atoms with Gasteiger partial charge in [-0.2, -0.15) is 5.26 Å². The molecule has 0 unspecified atom stereocenters. The second-order valence-electron chi connectivity index (χ2n) is 14.4. The summed E-state index contributed by atoms with van der Waals surface area (Å²) in [6, 6.07) is 76.7. The Morgan fingerprint density at radius 1 is 0.368 bits per heavy atom. The number of aromatic nitrogens is 2. The van der Waals surface area contributed by atoms with E-state index in [1.54, 1.807) is 0 Å². The number of hydrogen-bond donors (Lipinski definition) is 0. The zero-order chi connectivity index (χ0) is 38.2. The molecule has 8 aromatic carbocycles. The fourth-order valence-corrected chi connectivity index (χ4v) is 8.71. The van der Waals surface area contributed by atoms with Crippen LogP contribution in [0, 0.1) is 11.3 Å². The Morgan fingerprint density at radius 3 is 1.60 bits per heavy atom. The average Bonchev–Trinajstić information content (AvgIpc) is 3.60. The van der Waals surface area contributed by atoms with Gasteiger partial charge >= 0.3 is 0 Å². The SMILES string of the molecule is N#Cc1ccc2c(c1)C(c1ccccc1)(c1ccccc1)c1cccc(-c3ccccc3-c3cc(-c4cccc(-c5ccccc5)c4)nc(-c4ccccc4)n3)c1-2. The van der Waals surface area contributed by atoms with E-state index >= 15 is 0 Å². The molecule has 57 heavy (non-hydrogen) atoms. The van der Waals surface area contributed by atoms with E-state index in [4.69, 9.17) is 9.97 Å². The molecule has 1 aliphatic rings. The molecular formula is C54H35N3. The minimum Gasteiger partial charge on any atom is -0.228 e. The van der Waals surface area contributed by atoms with Crippen molar-refractivity contribution in [3.8, 4) is 73.4 Å². The van der Waals surface area contributed by atoms with Gasteiger partial charge in [0.1, 0.15) is 0 Å². The Balaban J connectivity index is 1.22. The quantitative estimate of drug-likeness (QED) is 0.164. The van der Waals surface area contributed by atoms with Crippen LogP contribution in [0.25, 0.3) is 67.3 Å². The van der Waals surface area contributed by atoms with Crippen LogP contribution in [0.1, 0.15) is 27.8 Å². The molecule has 0 amide bonds. The highest BCUT2D eigenvalue weighted by Gasteiger charge is 2.47. The second-order valence-corrected chi connectivity index (χ2v) is 14.4. The highest BCUT2D eigenvalue weighted by molar-refractivity contribution is 5.99. The maximum Gasteiger partial charge on any atom is 0.160 e. The molecule has 0 saturated heterocycles. The van der Waals surface area contributed by atoms with Crippen LogP contribution in [-0.4, -0.2) is 9.97 Å². The summed E-state index contributed by atoms with van der Waals surface area (Å²) in [4.78, 5) is 10.5. The van der Waals surface area contributed by atoms with Crippen molar-refractivity contribution in [2.24, 2.45) is 0 Å². The summed E-state index contributed by atoms with van der Waals surface area (Å²) < 4.78 is 0. The van der Waals surface area contributed by atoms with E-state index < -0.39 is 5.41 Å². The number of fused-ring (bicyclic) bond motifs is 3. The van der Waals surface area contributed by atoms with Crippen LogP contribution in [0.3, 0.4) is 0 Å². The van der Waals surface area contributed by atoms with Gasteiger partial charge in [0.15, 0.2) is 5.82 Å². The van der Waals surface area contributed by atoms with Crippen molar-refractivity contribution in [1.82, 2.24) is 9.97 Å². The fraction of sp³-hybridized carbons (Fsp3) is 0.0185. The minimum absolute atomic E-state index is 0.637. The average molecular weight is 726 g/mol. The number of nitrogens with zero attached hydrogens (tertiary/aromatic N) is 3. The number of nitriles is 1. The van der Waals surface area contributed by atoms with E-state index in [0.717, 1.165) is 78.1 Å². The van der Waals surface area contributed by atoms with E-state index in [1.807, 2.05) is 30.3 Å². The number of hydrogen-bond acceptors (Lipinski definition) is 3. The first kappa shape index (κ1) is 33.9. The van der Waals surface area contributed by atoms with Crippen molar-refractivity contribution < 1.29 is 0 Å². The Hall–Kier alpha value is -7.67. The summed E-state index contributed by atoms with van der Waals surface area (Å²) in [5.74, 6) is 0.669. The largest absolute Gasteiger partial charge is 0.228 e. The van der Waals surface area contributed by atoms with Crippen LogP contribution >= 0.6 is 0 Å². The molecule has 0 saturated carbocycles. The lowest BCUT2D eigenvalue weighted by Crippen LogP contribution is -2.28. The molecule has 10 rings (SSSR count). The smallest absolute Gasteiger partial charge is 0.160 e. The topological polar surface area (TPSA) is 49.6 Å². The van der Waals surface area contributed by atoms with Crippen molar-refractivity contribution in [1.29, 1.82) is 5.26 Å². The van der Waals surface area contributed by atoms with Gasteiger partial charge in [0.25, 0.3) is 0 Å². The molecular weight excluding hydrogens is 691 g/mol. The number of rotatable bonds is 7. The summed E-state index contributed by atoms with van der Waals surface area (Å²) in [6.45, 7) is 0. The van der Waals surface area contributed by atoms with E-state index in [0.29, 0.717) is 11.4 Å². The molecule has 9 aromatic rings. The summed E-state index contributed by atoms with van der Waals surface area (Å²) in [5, 5.41) is 10.2. The summed E-state index contributed by atoms with van der Waals surface area (Å²) in [7, 11) is 0. The molecule has 1 aliphatic carbocycles. The lowest BCUT2D eigenvalue weighted by atomic mass is 9.67. The first-order chi connectivity index (χ1) is 28.2. The van der Waals surface area contributed by atoms with Gasteiger partial charge in [-0.3, -0.25) is 0 Å². The monoisotopic (exact) mass is 725 g/mol. The van der Waals surface area contributed by atoms with Gasteiger partial charge in [-0.25, -0.2) is 9.97 Å². The van der Waals surface area contributed by atoms with Crippen molar-refractivity contribution in [2.75, 3.05) is 0 Å². The third-order valence-corrected chi connectivity index (χ3v) is 11.2. The van der Waals surface area contributed by atoms with Gasteiger partial charge in [0, 0.05) is 16.7 Å². The molecule has 0 atom stereocenters. The maximum absolute atomic E-state index is 10.2. The minimum atomic E-state index is -0.642. The predicted molar refractivity (Wildman–Crippen MR) is 231 cm³/mol. The molecule has 266 valence electrons. The first-order valence-corrected chi connectivity index (χ1v) is 19.2. The van der Waals surface area contributed by atoms with Gasteiger partial charge in [0.2, 0.25) is 0 Å². The summed E-state index contributed by atoms with van der Waals surface area (Å²) >= 11 is 0.